The molecule has 18 heavy (non-hydrogen) atoms. The fourth-order valence-corrected chi connectivity index (χ4v) is 2.67. The molecule has 0 radical (unpaired) electrons. The SMILES string of the molecule is CCCNC1COc2cc3c(c(O)c21)OCCC3. The standard InChI is InChI=1S/C14H19NO3/c1-2-5-15-10-8-18-11-7-9-4-3-6-17-14(9)13(16)12(10)11/h7,10,15-16H,2-6,8H2,1H3. The van der Waals surface area contributed by atoms with Crippen LogP contribution in [0.3, 0.4) is 0 Å². The number of hydrogen-bond acceptors (Lipinski definition) is 4. The highest BCUT2D eigenvalue weighted by Crippen LogP contribution is 2.47. The fraction of sp³-hybridized carbons (Fsp3) is 0.571. The minimum absolute atomic E-state index is 0.0794. The van der Waals surface area contributed by atoms with Gasteiger partial charge in [0.05, 0.1) is 18.2 Å². The van der Waals surface area contributed by atoms with Crippen LogP contribution >= 0.6 is 0 Å². The molecule has 0 aromatic heterocycles. The summed E-state index contributed by atoms with van der Waals surface area (Å²) < 4.78 is 11.3. The molecule has 0 aliphatic carbocycles. The maximum absolute atomic E-state index is 10.4. The predicted octanol–water partition coefficient (Wildman–Crippen LogP) is 2.15. The van der Waals surface area contributed by atoms with Crippen LogP contribution in [0.4, 0.5) is 0 Å². The van der Waals surface area contributed by atoms with Crippen LogP contribution in [0.5, 0.6) is 17.2 Å². The van der Waals surface area contributed by atoms with E-state index in [1.54, 1.807) is 0 Å². The third kappa shape index (κ3) is 1.81. The van der Waals surface area contributed by atoms with Crippen LogP contribution in [0.1, 0.15) is 36.9 Å². The summed E-state index contributed by atoms with van der Waals surface area (Å²) in [6.07, 6.45) is 3.02. The number of aryl methyl sites for hydroxylation is 1. The second-order valence-electron chi connectivity index (χ2n) is 4.89. The van der Waals surface area contributed by atoms with Crippen molar-refractivity contribution in [2.24, 2.45) is 0 Å². The molecule has 4 nitrogen and oxygen atoms in total. The average Bonchev–Trinajstić information content (AvgIpc) is 2.80. The van der Waals surface area contributed by atoms with Crippen molar-refractivity contribution < 1.29 is 14.6 Å². The maximum atomic E-state index is 10.4. The summed E-state index contributed by atoms with van der Waals surface area (Å²) in [6, 6.07) is 2.10. The second kappa shape index (κ2) is 4.69. The third-order valence-corrected chi connectivity index (χ3v) is 3.56. The summed E-state index contributed by atoms with van der Waals surface area (Å²) in [5.41, 5.74) is 1.93. The van der Waals surface area contributed by atoms with Gasteiger partial charge in [-0.2, -0.15) is 0 Å². The van der Waals surface area contributed by atoms with Crippen LogP contribution in [0.15, 0.2) is 6.07 Å². The molecule has 4 heteroatoms. The number of nitrogens with one attached hydrogen (secondary N) is 1. The first kappa shape index (κ1) is 11.7. The van der Waals surface area contributed by atoms with E-state index in [2.05, 4.69) is 12.2 Å². The van der Waals surface area contributed by atoms with E-state index in [0.717, 1.165) is 42.7 Å². The van der Waals surface area contributed by atoms with Gasteiger partial charge in [0.15, 0.2) is 11.5 Å². The molecule has 1 aromatic carbocycles. The normalized spacial score (nSPS) is 20.8. The summed E-state index contributed by atoms with van der Waals surface area (Å²) in [6.45, 7) is 4.32. The molecule has 1 aromatic rings. The van der Waals surface area contributed by atoms with Crippen LogP contribution in [0, 0.1) is 0 Å². The Hall–Kier alpha value is -1.42. The van der Waals surface area contributed by atoms with E-state index in [9.17, 15) is 5.11 Å². The number of hydrogen-bond donors (Lipinski definition) is 2. The average molecular weight is 249 g/mol. The van der Waals surface area contributed by atoms with Crippen molar-refractivity contribution in [1.29, 1.82) is 0 Å². The maximum Gasteiger partial charge on any atom is 0.166 e. The van der Waals surface area contributed by atoms with Gasteiger partial charge in [-0.3, -0.25) is 0 Å². The van der Waals surface area contributed by atoms with E-state index in [0.29, 0.717) is 19.0 Å². The molecular formula is C14H19NO3. The summed E-state index contributed by atoms with van der Waals surface area (Å²) in [5, 5.41) is 13.8. The molecule has 0 saturated heterocycles. The van der Waals surface area contributed by atoms with Crippen molar-refractivity contribution in [3.05, 3.63) is 17.2 Å². The Bertz CT molecular complexity index is 459. The first-order valence-corrected chi connectivity index (χ1v) is 6.69. The largest absolute Gasteiger partial charge is 0.504 e. The Morgan fingerprint density at radius 2 is 2.33 bits per heavy atom. The van der Waals surface area contributed by atoms with Gasteiger partial charge in [-0.05, 0) is 31.9 Å². The second-order valence-corrected chi connectivity index (χ2v) is 4.89. The predicted molar refractivity (Wildman–Crippen MR) is 68.5 cm³/mol. The molecule has 2 N–H and O–H groups in total. The zero-order valence-electron chi connectivity index (χ0n) is 10.7. The summed E-state index contributed by atoms with van der Waals surface area (Å²) in [4.78, 5) is 0. The Kier molecular flexibility index (Phi) is 3.04. The van der Waals surface area contributed by atoms with Gasteiger partial charge in [0.25, 0.3) is 0 Å². The van der Waals surface area contributed by atoms with E-state index in [1.807, 2.05) is 6.07 Å². The smallest absolute Gasteiger partial charge is 0.166 e. The van der Waals surface area contributed by atoms with Gasteiger partial charge >= 0.3 is 0 Å². The molecule has 3 rings (SSSR count). The van der Waals surface area contributed by atoms with E-state index in [1.165, 1.54) is 0 Å². The summed E-state index contributed by atoms with van der Waals surface area (Å²) in [7, 11) is 0. The molecule has 0 saturated carbocycles. The molecule has 2 aliphatic heterocycles. The quantitative estimate of drug-likeness (QED) is 0.862. The van der Waals surface area contributed by atoms with Crippen molar-refractivity contribution in [1.82, 2.24) is 5.32 Å². The Labute approximate surface area is 107 Å². The van der Waals surface area contributed by atoms with Crippen LogP contribution in [0.25, 0.3) is 0 Å². The van der Waals surface area contributed by atoms with Gasteiger partial charge in [0.2, 0.25) is 0 Å². The minimum Gasteiger partial charge on any atom is -0.504 e. The molecule has 0 spiro atoms. The summed E-state index contributed by atoms with van der Waals surface area (Å²) in [5.74, 6) is 1.74. The first-order valence-electron chi connectivity index (χ1n) is 6.69. The van der Waals surface area contributed by atoms with Gasteiger partial charge in [0, 0.05) is 5.56 Å². The van der Waals surface area contributed by atoms with E-state index < -0.39 is 0 Å². The molecule has 1 atom stereocenters. The van der Waals surface area contributed by atoms with Crippen LogP contribution in [-0.4, -0.2) is 24.9 Å². The first-order chi connectivity index (χ1) is 8.81. The number of rotatable bonds is 3. The van der Waals surface area contributed by atoms with Crippen LogP contribution in [-0.2, 0) is 6.42 Å². The molecule has 0 amide bonds. The van der Waals surface area contributed by atoms with Crippen molar-refractivity contribution >= 4 is 0 Å². The zero-order chi connectivity index (χ0) is 12.5. The van der Waals surface area contributed by atoms with Gasteiger partial charge < -0.3 is 19.9 Å². The number of benzene rings is 1. The molecule has 1 unspecified atom stereocenters. The van der Waals surface area contributed by atoms with Crippen molar-refractivity contribution in [2.45, 2.75) is 32.2 Å². The van der Waals surface area contributed by atoms with Crippen LogP contribution < -0.4 is 14.8 Å². The molecule has 2 aliphatic rings. The number of phenols is 1. The Morgan fingerprint density at radius 1 is 1.44 bits per heavy atom. The van der Waals surface area contributed by atoms with Gasteiger partial charge in [-0.25, -0.2) is 0 Å². The zero-order valence-corrected chi connectivity index (χ0v) is 10.7. The number of phenolic OH excluding ortho intramolecular Hbond substituents is 1. The number of ether oxygens (including phenoxy) is 2. The Balaban J connectivity index is 1.97. The lowest BCUT2D eigenvalue weighted by Gasteiger charge is -2.21. The molecule has 0 fully saturated rings. The highest BCUT2D eigenvalue weighted by atomic mass is 16.5. The molecule has 0 bridgehead atoms. The van der Waals surface area contributed by atoms with Crippen molar-refractivity contribution in [2.75, 3.05) is 19.8 Å². The van der Waals surface area contributed by atoms with Crippen LogP contribution in [0.2, 0.25) is 0 Å². The van der Waals surface area contributed by atoms with Gasteiger partial charge in [-0.1, -0.05) is 6.92 Å². The highest BCUT2D eigenvalue weighted by molar-refractivity contribution is 5.60. The van der Waals surface area contributed by atoms with Gasteiger partial charge in [-0.15, -0.1) is 0 Å². The third-order valence-electron chi connectivity index (χ3n) is 3.56. The molecular weight excluding hydrogens is 230 g/mol. The van der Waals surface area contributed by atoms with Gasteiger partial charge in [0.1, 0.15) is 12.4 Å². The van der Waals surface area contributed by atoms with E-state index in [4.69, 9.17) is 9.47 Å². The monoisotopic (exact) mass is 249 g/mol. The van der Waals surface area contributed by atoms with Crippen molar-refractivity contribution in [3.8, 4) is 17.2 Å². The van der Waals surface area contributed by atoms with Crippen molar-refractivity contribution in [3.63, 3.8) is 0 Å². The topological polar surface area (TPSA) is 50.7 Å². The molecule has 2 heterocycles. The number of fused-ring (bicyclic) bond motifs is 2. The highest BCUT2D eigenvalue weighted by Gasteiger charge is 2.31. The number of aromatic hydroxyl groups is 1. The lowest BCUT2D eigenvalue weighted by molar-refractivity contribution is 0.271. The van der Waals surface area contributed by atoms with E-state index in [-0.39, 0.29) is 11.8 Å². The summed E-state index contributed by atoms with van der Waals surface area (Å²) >= 11 is 0. The minimum atomic E-state index is 0.0794. The fourth-order valence-electron chi connectivity index (χ4n) is 2.67. The van der Waals surface area contributed by atoms with E-state index >= 15 is 0 Å². The lowest BCUT2D eigenvalue weighted by atomic mass is 9.99. The Morgan fingerprint density at radius 3 is 3.17 bits per heavy atom. The molecule has 98 valence electrons. The lowest BCUT2D eigenvalue weighted by Crippen LogP contribution is -2.23.